The Kier molecular flexibility index (Phi) is 5.54. The summed E-state index contributed by atoms with van der Waals surface area (Å²) in [6.45, 7) is 9.12. The average molecular weight is 380 g/mol. The van der Waals surface area contributed by atoms with Crippen LogP contribution in [0, 0.1) is 12.8 Å². The highest BCUT2D eigenvalue weighted by molar-refractivity contribution is 5.99. The van der Waals surface area contributed by atoms with Gasteiger partial charge in [-0.25, -0.2) is 0 Å². The van der Waals surface area contributed by atoms with Crippen molar-refractivity contribution in [2.75, 3.05) is 13.1 Å². The maximum absolute atomic E-state index is 13.0. The Morgan fingerprint density at radius 3 is 2.43 bits per heavy atom. The van der Waals surface area contributed by atoms with E-state index in [-0.39, 0.29) is 34.0 Å². The summed E-state index contributed by atoms with van der Waals surface area (Å²) in [5.74, 6) is -0.472. The van der Waals surface area contributed by atoms with Crippen LogP contribution in [0.5, 0.6) is 0 Å². The van der Waals surface area contributed by atoms with Crippen LogP contribution in [0.1, 0.15) is 65.6 Å². The van der Waals surface area contributed by atoms with Gasteiger partial charge in [0.1, 0.15) is 5.56 Å². The molecule has 0 aliphatic carbocycles. The lowest BCUT2D eigenvalue weighted by atomic mass is 9.85. The van der Waals surface area contributed by atoms with Gasteiger partial charge in [0.25, 0.3) is 5.91 Å². The average Bonchev–Trinajstić information content (AvgIpc) is 2.66. The zero-order chi connectivity index (χ0) is 20.5. The maximum atomic E-state index is 13.0. The van der Waals surface area contributed by atoms with Crippen LogP contribution >= 0.6 is 0 Å². The number of likely N-dealkylation sites (tertiary alicyclic amines) is 1. The smallest absolute Gasteiger partial charge is 0.259 e. The first-order valence-electron chi connectivity index (χ1n) is 9.80. The van der Waals surface area contributed by atoms with E-state index in [2.05, 4.69) is 25.8 Å². The third-order valence-electron chi connectivity index (χ3n) is 5.40. The first-order valence-corrected chi connectivity index (χ1v) is 9.80. The SMILES string of the molecule is Cc1cc(=O)c(C(=O)N2CCC[C@@H](C(=O)c3ccc(C(C)(C)C)cc3)C2)c[nH]1. The van der Waals surface area contributed by atoms with E-state index in [0.717, 1.165) is 12.8 Å². The molecule has 148 valence electrons. The van der Waals surface area contributed by atoms with E-state index in [1.165, 1.54) is 17.8 Å². The van der Waals surface area contributed by atoms with Crippen molar-refractivity contribution in [2.45, 2.75) is 46.0 Å². The number of hydrogen-bond donors (Lipinski definition) is 1. The van der Waals surface area contributed by atoms with Crippen molar-refractivity contribution in [1.82, 2.24) is 9.88 Å². The number of aromatic amines is 1. The Labute approximate surface area is 165 Å². The van der Waals surface area contributed by atoms with Crippen molar-refractivity contribution in [2.24, 2.45) is 5.92 Å². The number of carbonyl (C=O) groups excluding carboxylic acids is 2. The van der Waals surface area contributed by atoms with E-state index in [1.807, 2.05) is 24.3 Å². The number of hydrogen-bond acceptors (Lipinski definition) is 3. The maximum Gasteiger partial charge on any atom is 0.259 e. The molecule has 0 radical (unpaired) electrons. The molecular formula is C23H28N2O3. The molecule has 0 saturated carbocycles. The monoisotopic (exact) mass is 380 g/mol. The molecule has 1 aromatic carbocycles. The van der Waals surface area contributed by atoms with E-state index in [1.54, 1.807) is 11.8 Å². The van der Waals surface area contributed by atoms with Gasteiger partial charge in [0.05, 0.1) is 0 Å². The molecule has 1 aliphatic heterocycles. The third kappa shape index (κ3) is 4.24. The number of benzene rings is 1. The standard InChI is InChI=1S/C23H28N2O3/c1-15-12-20(26)19(13-24-15)22(28)25-11-5-6-17(14-25)21(27)16-7-9-18(10-8-16)23(2,3)4/h7-10,12-13,17H,5-6,11,14H2,1-4H3,(H,24,26)/t17-/m1/s1. The minimum Gasteiger partial charge on any atom is -0.364 e. The summed E-state index contributed by atoms with van der Waals surface area (Å²) < 4.78 is 0. The van der Waals surface area contributed by atoms with Gasteiger partial charge in [-0.15, -0.1) is 0 Å². The third-order valence-corrected chi connectivity index (χ3v) is 5.40. The van der Waals surface area contributed by atoms with Crippen LogP contribution in [0.15, 0.2) is 41.3 Å². The fourth-order valence-corrected chi connectivity index (χ4v) is 3.66. The predicted octanol–water partition coefficient (Wildman–Crippen LogP) is 3.72. The molecule has 1 N–H and O–H groups in total. The van der Waals surface area contributed by atoms with Gasteiger partial charge in [-0.3, -0.25) is 14.4 Å². The fraction of sp³-hybridized carbons (Fsp3) is 0.435. The zero-order valence-electron chi connectivity index (χ0n) is 17.0. The van der Waals surface area contributed by atoms with E-state index in [9.17, 15) is 14.4 Å². The minimum absolute atomic E-state index is 0.0384. The summed E-state index contributed by atoms with van der Waals surface area (Å²) in [6, 6.07) is 9.20. The number of pyridine rings is 1. The lowest BCUT2D eigenvalue weighted by Gasteiger charge is -2.32. The predicted molar refractivity (Wildman–Crippen MR) is 110 cm³/mol. The molecule has 0 unspecified atom stereocenters. The number of rotatable bonds is 3. The van der Waals surface area contributed by atoms with Crippen LogP contribution < -0.4 is 5.43 Å². The number of carbonyl (C=O) groups is 2. The molecule has 0 bridgehead atoms. The highest BCUT2D eigenvalue weighted by Crippen LogP contribution is 2.25. The molecule has 1 fully saturated rings. The number of Topliss-reactive ketones (excluding diaryl/α,β-unsaturated/α-hetero) is 1. The number of nitrogens with zero attached hydrogens (tertiary/aromatic N) is 1. The summed E-state index contributed by atoms with van der Waals surface area (Å²) in [7, 11) is 0. The number of H-pyrrole nitrogens is 1. The molecule has 0 spiro atoms. The van der Waals surface area contributed by atoms with Crippen molar-refractivity contribution in [3.05, 3.63) is 69.1 Å². The highest BCUT2D eigenvalue weighted by atomic mass is 16.2. The van der Waals surface area contributed by atoms with Crippen LogP contribution in [0.4, 0.5) is 0 Å². The Morgan fingerprint density at radius 2 is 1.82 bits per heavy atom. The van der Waals surface area contributed by atoms with Gasteiger partial charge < -0.3 is 9.88 Å². The summed E-state index contributed by atoms with van der Waals surface area (Å²) in [5, 5.41) is 0. The van der Waals surface area contributed by atoms with Crippen molar-refractivity contribution < 1.29 is 9.59 Å². The number of piperidine rings is 1. The van der Waals surface area contributed by atoms with E-state index in [0.29, 0.717) is 24.3 Å². The van der Waals surface area contributed by atoms with Crippen molar-refractivity contribution >= 4 is 11.7 Å². The number of amides is 1. The molecular weight excluding hydrogens is 352 g/mol. The molecule has 1 aromatic heterocycles. The quantitative estimate of drug-likeness (QED) is 0.825. The lowest BCUT2D eigenvalue weighted by Crippen LogP contribution is -2.43. The molecule has 2 heterocycles. The van der Waals surface area contributed by atoms with Gasteiger partial charge in [0.15, 0.2) is 11.2 Å². The number of nitrogens with one attached hydrogen (secondary N) is 1. The van der Waals surface area contributed by atoms with Crippen LogP contribution in [0.25, 0.3) is 0 Å². The van der Waals surface area contributed by atoms with Gasteiger partial charge >= 0.3 is 0 Å². The first kappa shape index (κ1) is 20.1. The van der Waals surface area contributed by atoms with E-state index >= 15 is 0 Å². The fourth-order valence-electron chi connectivity index (χ4n) is 3.66. The van der Waals surface area contributed by atoms with Crippen LogP contribution in [-0.4, -0.2) is 34.7 Å². The van der Waals surface area contributed by atoms with Gasteiger partial charge in [0, 0.05) is 42.5 Å². The van der Waals surface area contributed by atoms with Gasteiger partial charge in [-0.05, 0) is 30.7 Å². The molecule has 1 saturated heterocycles. The molecule has 5 heteroatoms. The van der Waals surface area contributed by atoms with Gasteiger partial charge in [0.2, 0.25) is 0 Å². The highest BCUT2D eigenvalue weighted by Gasteiger charge is 2.30. The number of aryl methyl sites for hydroxylation is 1. The molecule has 3 rings (SSSR count). The van der Waals surface area contributed by atoms with Crippen molar-refractivity contribution in [3.8, 4) is 0 Å². The number of aromatic nitrogens is 1. The Balaban J connectivity index is 1.74. The topological polar surface area (TPSA) is 70.2 Å². The largest absolute Gasteiger partial charge is 0.364 e. The Morgan fingerprint density at radius 1 is 1.14 bits per heavy atom. The van der Waals surface area contributed by atoms with E-state index < -0.39 is 0 Å². The van der Waals surface area contributed by atoms with Crippen molar-refractivity contribution in [3.63, 3.8) is 0 Å². The van der Waals surface area contributed by atoms with Crippen LogP contribution in [0.3, 0.4) is 0 Å². The lowest BCUT2D eigenvalue weighted by molar-refractivity contribution is 0.0635. The van der Waals surface area contributed by atoms with Crippen molar-refractivity contribution in [1.29, 1.82) is 0 Å². The Hall–Kier alpha value is -2.69. The van der Waals surface area contributed by atoms with Gasteiger partial charge in [-0.2, -0.15) is 0 Å². The first-order chi connectivity index (χ1) is 13.2. The number of ketones is 1. The van der Waals surface area contributed by atoms with Crippen LogP contribution in [0.2, 0.25) is 0 Å². The Bertz CT molecular complexity index is 936. The summed E-state index contributed by atoms with van der Waals surface area (Å²) in [4.78, 5) is 42.5. The normalized spacial score (nSPS) is 17.4. The second kappa shape index (κ2) is 7.74. The molecule has 1 aliphatic rings. The van der Waals surface area contributed by atoms with Gasteiger partial charge in [-0.1, -0.05) is 45.0 Å². The minimum atomic E-state index is -0.304. The summed E-state index contributed by atoms with van der Waals surface area (Å²) in [5.41, 5.74) is 2.47. The zero-order valence-corrected chi connectivity index (χ0v) is 17.0. The van der Waals surface area contributed by atoms with E-state index in [4.69, 9.17) is 0 Å². The molecule has 1 atom stereocenters. The molecule has 28 heavy (non-hydrogen) atoms. The summed E-state index contributed by atoms with van der Waals surface area (Å²) >= 11 is 0. The molecule has 2 aromatic rings. The molecule has 5 nitrogen and oxygen atoms in total. The van der Waals surface area contributed by atoms with Crippen LogP contribution in [-0.2, 0) is 5.41 Å². The second-order valence-electron chi connectivity index (χ2n) is 8.68. The summed E-state index contributed by atoms with van der Waals surface area (Å²) in [6.07, 6.45) is 2.98. The molecule has 1 amide bonds. The second-order valence-corrected chi connectivity index (χ2v) is 8.68.